The van der Waals surface area contributed by atoms with Crippen LogP contribution in [0.2, 0.25) is 0 Å². The van der Waals surface area contributed by atoms with Gasteiger partial charge in [0.1, 0.15) is 5.82 Å². The Morgan fingerprint density at radius 1 is 1.60 bits per heavy atom. The fraction of sp³-hybridized carbons (Fsp3) is 0.545. The summed E-state index contributed by atoms with van der Waals surface area (Å²) in [7, 11) is 0. The van der Waals surface area contributed by atoms with E-state index in [2.05, 4.69) is 10.3 Å². The molecule has 1 fully saturated rings. The van der Waals surface area contributed by atoms with Gasteiger partial charge in [-0.25, -0.2) is 4.98 Å². The maximum atomic E-state index is 9.31. The van der Waals surface area contributed by atoms with Crippen molar-refractivity contribution in [1.82, 2.24) is 4.98 Å². The molecule has 0 bridgehead atoms. The molecule has 0 aromatic carbocycles. The highest BCUT2D eigenvalue weighted by atomic mass is 16.3. The molecule has 0 saturated heterocycles. The molecule has 1 aliphatic rings. The van der Waals surface area contributed by atoms with Crippen LogP contribution in [-0.4, -0.2) is 22.2 Å². The second kappa shape index (κ2) is 3.70. The van der Waals surface area contributed by atoms with Gasteiger partial charge in [-0.3, -0.25) is 0 Å². The maximum Gasteiger partial charge on any atom is 0.149 e. The number of nitrogen functional groups attached to an aromatic ring is 1. The number of nitrogens with two attached hydrogens (primary N) is 1. The van der Waals surface area contributed by atoms with Gasteiger partial charge in [0.25, 0.3) is 0 Å². The van der Waals surface area contributed by atoms with Gasteiger partial charge in [0.15, 0.2) is 0 Å². The van der Waals surface area contributed by atoms with Crippen LogP contribution in [0.15, 0.2) is 12.3 Å². The average molecular weight is 207 g/mol. The van der Waals surface area contributed by atoms with Gasteiger partial charge in [-0.05, 0) is 37.8 Å². The highest BCUT2D eigenvalue weighted by Crippen LogP contribution is 2.35. The van der Waals surface area contributed by atoms with Crippen molar-refractivity contribution in [3.05, 3.63) is 17.8 Å². The zero-order chi connectivity index (χ0) is 10.9. The van der Waals surface area contributed by atoms with E-state index in [4.69, 9.17) is 5.73 Å². The third-order valence-corrected chi connectivity index (χ3v) is 3.05. The quantitative estimate of drug-likeness (QED) is 0.698. The van der Waals surface area contributed by atoms with Crippen LogP contribution >= 0.6 is 0 Å². The normalized spacial score (nSPS) is 18.3. The number of aromatic nitrogens is 1. The molecule has 4 heteroatoms. The first kappa shape index (κ1) is 10.2. The van der Waals surface area contributed by atoms with Gasteiger partial charge in [0.2, 0.25) is 0 Å². The number of anilines is 2. The van der Waals surface area contributed by atoms with Crippen LogP contribution < -0.4 is 11.1 Å². The summed E-state index contributed by atoms with van der Waals surface area (Å²) in [6.07, 6.45) is 4.90. The zero-order valence-corrected chi connectivity index (χ0v) is 8.95. The third kappa shape index (κ3) is 1.90. The van der Waals surface area contributed by atoms with E-state index >= 15 is 0 Å². The van der Waals surface area contributed by atoms with Crippen molar-refractivity contribution >= 4 is 11.5 Å². The lowest BCUT2D eigenvalue weighted by molar-refractivity contribution is 0.144. The number of nitrogens with zero attached hydrogens (tertiary/aromatic N) is 1. The molecular formula is C11H17N3O. The standard InChI is InChI=1S/C11H17N3O/c1-8-5-9(12)10(13-6-8)14-11(7-15)3-2-4-11/h5-6,15H,2-4,7,12H2,1H3,(H,13,14). The molecule has 0 amide bonds. The molecule has 0 atom stereocenters. The number of aliphatic hydroxyl groups is 1. The summed E-state index contributed by atoms with van der Waals surface area (Å²) in [6.45, 7) is 2.10. The van der Waals surface area contributed by atoms with Crippen molar-refractivity contribution in [1.29, 1.82) is 0 Å². The number of hydrogen-bond acceptors (Lipinski definition) is 4. The molecule has 1 heterocycles. The van der Waals surface area contributed by atoms with Gasteiger partial charge < -0.3 is 16.2 Å². The zero-order valence-electron chi connectivity index (χ0n) is 8.95. The predicted molar refractivity (Wildman–Crippen MR) is 60.7 cm³/mol. The Morgan fingerprint density at radius 2 is 2.33 bits per heavy atom. The fourth-order valence-electron chi connectivity index (χ4n) is 1.87. The van der Waals surface area contributed by atoms with E-state index in [0.717, 1.165) is 24.8 Å². The summed E-state index contributed by atoms with van der Waals surface area (Å²) in [5.41, 5.74) is 7.37. The molecule has 2 rings (SSSR count). The molecule has 0 radical (unpaired) electrons. The van der Waals surface area contributed by atoms with Gasteiger partial charge in [0, 0.05) is 6.20 Å². The number of aryl methyl sites for hydroxylation is 1. The minimum Gasteiger partial charge on any atom is -0.396 e. The molecule has 4 N–H and O–H groups in total. The first-order valence-corrected chi connectivity index (χ1v) is 5.26. The van der Waals surface area contributed by atoms with Crippen molar-refractivity contribution in [2.45, 2.75) is 31.7 Å². The van der Waals surface area contributed by atoms with E-state index in [1.54, 1.807) is 6.20 Å². The molecule has 1 aromatic rings. The fourth-order valence-corrected chi connectivity index (χ4v) is 1.87. The minimum absolute atomic E-state index is 0.141. The molecule has 1 aromatic heterocycles. The summed E-state index contributed by atoms with van der Waals surface area (Å²) in [6, 6.07) is 1.89. The SMILES string of the molecule is Cc1cnc(NC2(CO)CCC2)c(N)c1. The van der Waals surface area contributed by atoms with E-state index in [-0.39, 0.29) is 12.1 Å². The largest absolute Gasteiger partial charge is 0.396 e. The van der Waals surface area contributed by atoms with E-state index < -0.39 is 0 Å². The molecule has 15 heavy (non-hydrogen) atoms. The molecule has 82 valence electrons. The first-order chi connectivity index (χ1) is 7.15. The average Bonchev–Trinajstić information content (AvgIpc) is 2.14. The molecular weight excluding hydrogens is 190 g/mol. The summed E-state index contributed by atoms with van der Waals surface area (Å²) in [5, 5.41) is 12.6. The smallest absolute Gasteiger partial charge is 0.149 e. The van der Waals surface area contributed by atoms with E-state index in [1.165, 1.54) is 0 Å². The van der Waals surface area contributed by atoms with Crippen molar-refractivity contribution in [3.8, 4) is 0 Å². The van der Waals surface area contributed by atoms with Gasteiger partial charge in [-0.1, -0.05) is 0 Å². The van der Waals surface area contributed by atoms with Gasteiger partial charge >= 0.3 is 0 Å². The molecule has 4 nitrogen and oxygen atoms in total. The van der Waals surface area contributed by atoms with Crippen molar-refractivity contribution in [2.75, 3.05) is 17.7 Å². The number of nitrogens with one attached hydrogen (secondary N) is 1. The maximum absolute atomic E-state index is 9.31. The highest BCUT2D eigenvalue weighted by molar-refractivity contribution is 5.63. The summed E-state index contributed by atoms with van der Waals surface area (Å²) in [4.78, 5) is 4.25. The monoisotopic (exact) mass is 207 g/mol. The third-order valence-electron chi connectivity index (χ3n) is 3.05. The lowest BCUT2D eigenvalue weighted by Gasteiger charge is -2.41. The van der Waals surface area contributed by atoms with Crippen molar-refractivity contribution < 1.29 is 5.11 Å². The van der Waals surface area contributed by atoms with Gasteiger partial charge in [-0.15, -0.1) is 0 Å². The minimum atomic E-state index is -0.184. The van der Waals surface area contributed by atoms with Gasteiger partial charge in [-0.2, -0.15) is 0 Å². The Kier molecular flexibility index (Phi) is 2.52. The summed E-state index contributed by atoms with van der Waals surface area (Å²) < 4.78 is 0. The number of hydrogen-bond donors (Lipinski definition) is 3. The summed E-state index contributed by atoms with van der Waals surface area (Å²) >= 11 is 0. The van der Waals surface area contributed by atoms with E-state index in [9.17, 15) is 5.11 Å². The lowest BCUT2D eigenvalue weighted by Crippen LogP contribution is -2.48. The van der Waals surface area contributed by atoms with Crippen LogP contribution in [0.4, 0.5) is 11.5 Å². The molecule has 1 saturated carbocycles. The Balaban J connectivity index is 2.16. The topological polar surface area (TPSA) is 71.2 Å². The predicted octanol–water partition coefficient (Wildman–Crippen LogP) is 1.30. The molecule has 0 spiro atoms. The Morgan fingerprint density at radius 3 is 2.80 bits per heavy atom. The molecule has 0 unspecified atom stereocenters. The van der Waals surface area contributed by atoms with Crippen LogP contribution in [0, 0.1) is 6.92 Å². The second-order valence-corrected chi connectivity index (χ2v) is 4.37. The van der Waals surface area contributed by atoms with Crippen molar-refractivity contribution in [3.63, 3.8) is 0 Å². The Bertz CT molecular complexity index is 355. The Hall–Kier alpha value is -1.29. The van der Waals surface area contributed by atoms with Gasteiger partial charge in [0.05, 0.1) is 17.8 Å². The van der Waals surface area contributed by atoms with E-state index in [1.807, 2.05) is 13.0 Å². The Labute approximate surface area is 89.5 Å². The summed E-state index contributed by atoms with van der Waals surface area (Å²) in [5.74, 6) is 0.689. The number of pyridine rings is 1. The van der Waals surface area contributed by atoms with Crippen LogP contribution in [-0.2, 0) is 0 Å². The number of rotatable bonds is 3. The van der Waals surface area contributed by atoms with Crippen molar-refractivity contribution in [2.24, 2.45) is 0 Å². The molecule has 1 aliphatic carbocycles. The first-order valence-electron chi connectivity index (χ1n) is 5.26. The van der Waals surface area contributed by atoms with Crippen LogP contribution in [0.25, 0.3) is 0 Å². The van der Waals surface area contributed by atoms with Crippen LogP contribution in [0.1, 0.15) is 24.8 Å². The van der Waals surface area contributed by atoms with Crippen LogP contribution in [0.5, 0.6) is 0 Å². The van der Waals surface area contributed by atoms with E-state index in [0.29, 0.717) is 11.5 Å². The lowest BCUT2D eigenvalue weighted by atomic mass is 9.77. The second-order valence-electron chi connectivity index (χ2n) is 4.37. The molecule has 0 aliphatic heterocycles. The number of aliphatic hydroxyl groups excluding tert-OH is 1. The highest BCUT2D eigenvalue weighted by Gasteiger charge is 2.36. The van der Waals surface area contributed by atoms with Crippen LogP contribution in [0.3, 0.4) is 0 Å².